The van der Waals surface area contributed by atoms with Crippen LogP contribution in [0.1, 0.15) is 10.4 Å². The first-order chi connectivity index (χ1) is 9.82. The Hall–Kier alpha value is -1.80. The van der Waals surface area contributed by atoms with Crippen LogP contribution in [0.5, 0.6) is 5.75 Å². The van der Waals surface area contributed by atoms with Crippen LogP contribution in [0.3, 0.4) is 0 Å². The van der Waals surface area contributed by atoms with Crippen molar-refractivity contribution < 1.29 is 17.9 Å². The van der Waals surface area contributed by atoms with E-state index < -0.39 is 6.36 Å². The Labute approximate surface area is 124 Å². The zero-order chi connectivity index (χ0) is 15.5. The molecule has 0 saturated heterocycles. The van der Waals surface area contributed by atoms with Crippen molar-refractivity contribution in [3.05, 3.63) is 40.9 Å². The van der Waals surface area contributed by atoms with E-state index in [1.165, 1.54) is 29.5 Å². The quantitative estimate of drug-likeness (QED) is 0.919. The Bertz CT molecular complexity index is 600. The van der Waals surface area contributed by atoms with Gasteiger partial charge in [-0.25, -0.2) is 4.98 Å². The molecule has 1 aromatic carbocycles. The lowest BCUT2D eigenvalue weighted by molar-refractivity contribution is -0.274. The monoisotopic (exact) mass is 317 g/mol. The Morgan fingerprint density at radius 1 is 1.33 bits per heavy atom. The van der Waals surface area contributed by atoms with Crippen LogP contribution in [-0.2, 0) is 13.1 Å². The molecule has 0 aliphatic carbocycles. The zero-order valence-electron chi connectivity index (χ0n) is 11.2. The predicted molar refractivity (Wildman–Crippen MR) is 74.8 cm³/mol. The molecule has 4 nitrogen and oxygen atoms in total. The maximum Gasteiger partial charge on any atom is 0.573 e. The number of nitrogens with zero attached hydrogens (tertiary/aromatic N) is 2. The molecular formula is C13H14F3N3OS. The molecule has 0 amide bonds. The lowest BCUT2D eigenvalue weighted by atomic mass is 10.2. The van der Waals surface area contributed by atoms with Crippen molar-refractivity contribution in [2.45, 2.75) is 19.5 Å². The molecule has 0 spiro atoms. The van der Waals surface area contributed by atoms with Gasteiger partial charge in [0.2, 0.25) is 0 Å². The highest BCUT2D eigenvalue weighted by molar-refractivity contribution is 7.15. The minimum atomic E-state index is -4.68. The third kappa shape index (κ3) is 5.24. The van der Waals surface area contributed by atoms with E-state index in [0.29, 0.717) is 18.2 Å². The summed E-state index contributed by atoms with van der Waals surface area (Å²) in [6, 6.07) is 5.95. The van der Waals surface area contributed by atoms with Gasteiger partial charge in [-0.05, 0) is 24.7 Å². The molecule has 1 heterocycles. The molecule has 2 N–H and O–H groups in total. The molecule has 2 rings (SSSR count). The number of halogens is 3. The van der Waals surface area contributed by atoms with Gasteiger partial charge in [0.15, 0.2) is 5.13 Å². The fraction of sp³-hybridized carbons (Fsp3) is 0.308. The molecular weight excluding hydrogens is 303 g/mol. The summed E-state index contributed by atoms with van der Waals surface area (Å²) in [6.45, 7) is 1.12. The third-order valence-electron chi connectivity index (χ3n) is 2.58. The van der Waals surface area contributed by atoms with Gasteiger partial charge in [0.1, 0.15) is 5.75 Å². The summed E-state index contributed by atoms with van der Waals surface area (Å²) in [5.74, 6) is -0.213. The standard InChI is InChI=1S/C13H14F3N3OS/c1-19(8-11-6-18-12(17)21-11)7-9-3-2-4-10(5-9)20-13(14,15)16/h2-6H,7-8H2,1H3,(H2,17,18). The van der Waals surface area contributed by atoms with E-state index in [0.717, 1.165) is 10.4 Å². The smallest absolute Gasteiger partial charge is 0.406 e. The summed E-state index contributed by atoms with van der Waals surface area (Å²) < 4.78 is 40.4. The van der Waals surface area contributed by atoms with E-state index in [1.54, 1.807) is 12.3 Å². The number of ether oxygens (including phenoxy) is 1. The van der Waals surface area contributed by atoms with Gasteiger partial charge in [-0.15, -0.1) is 24.5 Å². The molecule has 0 aliphatic heterocycles. The van der Waals surface area contributed by atoms with Crippen LogP contribution in [0.4, 0.5) is 18.3 Å². The van der Waals surface area contributed by atoms with Gasteiger partial charge in [-0.1, -0.05) is 12.1 Å². The number of alkyl halides is 3. The van der Waals surface area contributed by atoms with Crippen LogP contribution in [0.25, 0.3) is 0 Å². The minimum absolute atomic E-state index is 0.213. The van der Waals surface area contributed by atoms with Crippen LogP contribution in [0.2, 0.25) is 0 Å². The molecule has 1 aromatic heterocycles. The average Bonchev–Trinajstić information content (AvgIpc) is 2.72. The molecule has 114 valence electrons. The lowest BCUT2D eigenvalue weighted by Crippen LogP contribution is -2.18. The number of aromatic nitrogens is 1. The van der Waals surface area contributed by atoms with Crippen molar-refractivity contribution in [2.75, 3.05) is 12.8 Å². The van der Waals surface area contributed by atoms with Gasteiger partial charge in [0.25, 0.3) is 0 Å². The highest BCUT2D eigenvalue weighted by Crippen LogP contribution is 2.24. The Balaban J connectivity index is 1.97. The fourth-order valence-corrected chi connectivity index (χ4v) is 2.63. The summed E-state index contributed by atoms with van der Waals surface area (Å²) in [7, 11) is 1.87. The Kier molecular flexibility index (Phi) is 4.69. The SMILES string of the molecule is CN(Cc1cccc(OC(F)(F)F)c1)Cc1cnc(N)s1. The fourth-order valence-electron chi connectivity index (χ4n) is 1.87. The number of nitrogens with two attached hydrogens (primary N) is 1. The molecule has 8 heteroatoms. The maximum atomic E-state index is 12.2. The molecule has 21 heavy (non-hydrogen) atoms. The second-order valence-electron chi connectivity index (χ2n) is 4.53. The zero-order valence-corrected chi connectivity index (χ0v) is 12.0. The maximum absolute atomic E-state index is 12.2. The van der Waals surface area contributed by atoms with Crippen LogP contribution in [-0.4, -0.2) is 23.3 Å². The average molecular weight is 317 g/mol. The number of thiazole rings is 1. The van der Waals surface area contributed by atoms with E-state index in [-0.39, 0.29) is 5.75 Å². The van der Waals surface area contributed by atoms with Crippen molar-refractivity contribution in [3.63, 3.8) is 0 Å². The molecule has 0 unspecified atom stereocenters. The summed E-state index contributed by atoms with van der Waals surface area (Å²) >= 11 is 1.39. The van der Waals surface area contributed by atoms with E-state index >= 15 is 0 Å². The minimum Gasteiger partial charge on any atom is -0.406 e. The molecule has 0 saturated carbocycles. The van der Waals surface area contributed by atoms with Crippen molar-refractivity contribution in [1.82, 2.24) is 9.88 Å². The first-order valence-corrected chi connectivity index (χ1v) is 6.87. The molecule has 2 aromatic rings. The summed E-state index contributed by atoms with van der Waals surface area (Å²) in [5.41, 5.74) is 6.28. The highest BCUT2D eigenvalue weighted by atomic mass is 32.1. The van der Waals surface area contributed by atoms with Crippen LogP contribution >= 0.6 is 11.3 Å². The van der Waals surface area contributed by atoms with Crippen LogP contribution in [0.15, 0.2) is 30.5 Å². The van der Waals surface area contributed by atoms with Crippen molar-refractivity contribution >= 4 is 16.5 Å². The molecule has 0 aliphatic rings. The second-order valence-corrected chi connectivity index (χ2v) is 5.68. The highest BCUT2D eigenvalue weighted by Gasteiger charge is 2.31. The number of nitrogen functional groups attached to an aromatic ring is 1. The van der Waals surface area contributed by atoms with Gasteiger partial charge < -0.3 is 10.5 Å². The van der Waals surface area contributed by atoms with Gasteiger partial charge >= 0.3 is 6.36 Å². The van der Waals surface area contributed by atoms with Crippen LogP contribution < -0.4 is 10.5 Å². The number of benzene rings is 1. The third-order valence-corrected chi connectivity index (χ3v) is 3.39. The number of hydrogen-bond acceptors (Lipinski definition) is 5. The van der Waals surface area contributed by atoms with Crippen molar-refractivity contribution in [1.29, 1.82) is 0 Å². The molecule has 0 radical (unpaired) electrons. The number of rotatable bonds is 5. The van der Waals surface area contributed by atoms with Crippen LogP contribution in [0, 0.1) is 0 Å². The van der Waals surface area contributed by atoms with E-state index in [9.17, 15) is 13.2 Å². The number of anilines is 1. The second kappa shape index (κ2) is 6.31. The first kappa shape index (κ1) is 15.6. The normalized spacial score (nSPS) is 11.9. The topological polar surface area (TPSA) is 51.4 Å². The largest absolute Gasteiger partial charge is 0.573 e. The molecule has 0 bridgehead atoms. The molecule has 0 atom stereocenters. The van der Waals surface area contributed by atoms with E-state index in [1.807, 2.05) is 11.9 Å². The molecule has 0 fully saturated rings. The van der Waals surface area contributed by atoms with Crippen molar-refractivity contribution in [3.8, 4) is 5.75 Å². The van der Waals surface area contributed by atoms with Gasteiger partial charge in [-0.3, -0.25) is 4.90 Å². The lowest BCUT2D eigenvalue weighted by Gasteiger charge is -2.16. The van der Waals surface area contributed by atoms with E-state index in [4.69, 9.17) is 5.73 Å². The van der Waals surface area contributed by atoms with E-state index in [2.05, 4.69) is 9.72 Å². The van der Waals surface area contributed by atoms with Gasteiger partial charge in [0.05, 0.1) is 0 Å². The summed E-state index contributed by atoms with van der Waals surface area (Å²) in [6.07, 6.45) is -2.98. The summed E-state index contributed by atoms with van der Waals surface area (Å²) in [4.78, 5) is 6.91. The first-order valence-electron chi connectivity index (χ1n) is 6.05. The Morgan fingerprint density at radius 3 is 2.71 bits per heavy atom. The summed E-state index contributed by atoms with van der Waals surface area (Å²) in [5, 5.41) is 0.499. The number of hydrogen-bond donors (Lipinski definition) is 1. The Morgan fingerprint density at radius 2 is 2.10 bits per heavy atom. The van der Waals surface area contributed by atoms with Gasteiger partial charge in [0, 0.05) is 24.2 Å². The van der Waals surface area contributed by atoms with Gasteiger partial charge in [-0.2, -0.15) is 0 Å². The van der Waals surface area contributed by atoms with Crippen molar-refractivity contribution in [2.24, 2.45) is 0 Å². The predicted octanol–water partition coefficient (Wildman–Crippen LogP) is 3.26.